The lowest BCUT2D eigenvalue weighted by atomic mass is 9.68. The van der Waals surface area contributed by atoms with Gasteiger partial charge in [0.15, 0.2) is 0 Å². The Balaban J connectivity index is 1.75. The van der Waals surface area contributed by atoms with Gasteiger partial charge in [-0.25, -0.2) is 4.39 Å². The molecule has 1 heterocycles. The van der Waals surface area contributed by atoms with Crippen LogP contribution in [0.25, 0.3) is 0 Å². The van der Waals surface area contributed by atoms with Crippen LogP contribution in [0.1, 0.15) is 56.9 Å². The minimum absolute atomic E-state index is 0.235. The summed E-state index contributed by atoms with van der Waals surface area (Å²) in [7, 11) is 1.99. The van der Waals surface area contributed by atoms with Gasteiger partial charge in [0.1, 0.15) is 5.82 Å². The van der Waals surface area contributed by atoms with Crippen molar-refractivity contribution in [1.82, 2.24) is 10.2 Å². The summed E-state index contributed by atoms with van der Waals surface area (Å²) >= 11 is 0. The molecule has 0 aromatic heterocycles. The van der Waals surface area contributed by atoms with Crippen molar-refractivity contribution in [3.63, 3.8) is 0 Å². The van der Waals surface area contributed by atoms with Crippen LogP contribution in [0.5, 0.6) is 0 Å². The molecule has 1 amide bonds. The van der Waals surface area contributed by atoms with E-state index < -0.39 is 5.41 Å². The summed E-state index contributed by atoms with van der Waals surface area (Å²) in [6.07, 6.45) is 8.37. The average molecular weight is 346 g/mol. The van der Waals surface area contributed by atoms with Crippen LogP contribution in [0.4, 0.5) is 4.39 Å². The van der Waals surface area contributed by atoms with E-state index in [4.69, 9.17) is 0 Å². The molecule has 1 N–H and O–H groups in total. The molecule has 0 bridgehead atoms. The van der Waals surface area contributed by atoms with Crippen molar-refractivity contribution in [1.29, 1.82) is 0 Å². The fourth-order valence-electron chi connectivity index (χ4n) is 4.64. The summed E-state index contributed by atoms with van der Waals surface area (Å²) in [4.78, 5) is 15.6. The first-order valence-electron chi connectivity index (χ1n) is 9.86. The van der Waals surface area contributed by atoms with Gasteiger partial charge < -0.3 is 10.2 Å². The summed E-state index contributed by atoms with van der Waals surface area (Å²) in [5.74, 6) is 0.721. The molecule has 0 unspecified atom stereocenters. The summed E-state index contributed by atoms with van der Waals surface area (Å²) in [6, 6.07) is 6.75. The van der Waals surface area contributed by atoms with Gasteiger partial charge in [-0.1, -0.05) is 31.4 Å². The topological polar surface area (TPSA) is 32.3 Å². The number of benzene rings is 1. The number of likely N-dealkylation sites (tertiary alicyclic amines) is 1. The molecular formula is C21H31FN2O. The summed E-state index contributed by atoms with van der Waals surface area (Å²) in [5.41, 5.74) is 0.382. The van der Waals surface area contributed by atoms with E-state index in [1.54, 1.807) is 12.1 Å². The van der Waals surface area contributed by atoms with Gasteiger partial charge >= 0.3 is 0 Å². The number of amides is 1. The van der Waals surface area contributed by atoms with E-state index in [-0.39, 0.29) is 11.7 Å². The van der Waals surface area contributed by atoms with Crippen LogP contribution in [0.3, 0.4) is 0 Å². The van der Waals surface area contributed by atoms with Crippen molar-refractivity contribution < 1.29 is 9.18 Å². The number of nitrogens with one attached hydrogen (secondary N) is 1. The second-order valence-corrected chi connectivity index (χ2v) is 7.78. The molecule has 2 fully saturated rings. The molecule has 4 heteroatoms. The largest absolute Gasteiger partial charge is 0.342 e. The molecule has 0 atom stereocenters. The van der Waals surface area contributed by atoms with Gasteiger partial charge in [0.05, 0.1) is 5.41 Å². The number of hydrogen-bond acceptors (Lipinski definition) is 2. The number of rotatable bonds is 5. The molecular weight excluding hydrogens is 315 g/mol. The van der Waals surface area contributed by atoms with Crippen molar-refractivity contribution in [3.8, 4) is 0 Å². The van der Waals surface area contributed by atoms with Crippen molar-refractivity contribution in [3.05, 3.63) is 35.6 Å². The minimum Gasteiger partial charge on any atom is -0.342 e. The van der Waals surface area contributed by atoms with E-state index in [1.165, 1.54) is 18.9 Å². The fourth-order valence-corrected chi connectivity index (χ4v) is 4.64. The number of halogens is 1. The van der Waals surface area contributed by atoms with Crippen molar-refractivity contribution in [2.45, 2.75) is 56.8 Å². The Kier molecular flexibility index (Phi) is 6.10. The number of nitrogens with zero attached hydrogens (tertiary/aromatic N) is 1. The zero-order valence-corrected chi connectivity index (χ0v) is 15.4. The van der Waals surface area contributed by atoms with E-state index in [2.05, 4.69) is 10.2 Å². The summed E-state index contributed by atoms with van der Waals surface area (Å²) < 4.78 is 13.8. The van der Waals surface area contributed by atoms with Crippen LogP contribution >= 0.6 is 0 Å². The predicted octanol–water partition coefficient (Wildman–Crippen LogP) is 3.88. The first kappa shape index (κ1) is 18.4. The van der Waals surface area contributed by atoms with Gasteiger partial charge in [0.2, 0.25) is 5.91 Å². The molecule has 3 rings (SSSR count). The molecule has 1 aromatic carbocycles. The van der Waals surface area contributed by atoms with Gasteiger partial charge in [-0.15, -0.1) is 0 Å². The zero-order valence-electron chi connectivity index (χ0n) is 15.4. The first-order valence-corrected chi connectivity index (χ1v) is 9.86. The lowest BCUT2D eigenvalue weighted by Crippen LogP contribution is -2.50. The molecule has 3 nitrogen and oxygen atoms in total. The van der Waals surface area contributed by atoms with Gasteiger partial charge in [0.25, 0.3) is 0 Å². The van der Waals surface area contributed by atoms with E-state index in [1.807, 2.05) is 13.1 Å². The fraction of sp³-hybridized carbons (Fsp3) is 0.667. The lowest BCUT2D eigenvalue weighted by molar-refractivity contribution is -0.140. The monoisotopic (exact) mass is 346 g/mol. The van der Waals surface area contributed by atoms with E-state index >= 15 is 0 Å². The Morgan fingerprint density at radius 1 is 1.24 bits per heavy atom. The van der Waals surface area contributed by atoms with Crippen LogP contribution < -0.4 is 5.32 Å². The van der Waals surface area contributed by atoms with E-state index in [0.717, 1.165) is 63.7 Å². The van der Waals surface area contributed by atoms with Gasteiger partial charge in [-0.05, 0) is 69.3 Å². The SMILES string of the molecule is CNCCC1CCN(C(=O)C2(c3cccc(F)c3)CCCCC2)CC1. The third-order valence-corrected chi connectivity index (χ3v) is 6.20. The minimum atomic E-state index is -0.502. The maximum absolute atomic E-state index is 13.8. The van der Waals surface area contributed by atoms with Gasteiger partial charge in [0, 0.05) is 13.1 Å². The Labute approximate surface area is 151 Å². The number of carbonyl (C=O) groups excluding carboxylic acids is 1. The smallest absolute Gasteiger partial charge is 0.233 e. The Bertz CT molecular complexity index is 575. The Morgan fingerprint density at radius 3 is 2.60 bits per heavy atom. The van der Waals surface area contributed by atoms with Crippen LogP contribution in [-0.2, 0) is 10.2 Å². The number of piperidine rings is 1. The normalized spacial score (nSPS) is 21.3. The molecule has 1 aliphatic heterocycles. The third-order valence-electron chi connectivity index (χ3n) is 6.20. The second-order valence-electron chi connectivity index (χ2n) is 7.78. The maximum atomic E-state index is 13.8. The summed E-state index contributed by atoms with van der Waals surface area (Å²) in [5, 5.41) is 3.22. The number of hydrogen-bond donors (Lipinski definition) is 1. The van der Waals surface area contributed by atoms with Crippen LogP contribution in [0.15, 0.2) is 24.3 Å². The lowest BCUT2D eigenvalue weighted by Gasteiger charge is -2.42. The molecule has 1 saturated carbocycles. The highest BCUT2D eigenvalue weighted by molar-refractivity contribution is 5.88. The Morgan fingerprint density at radius 2 is 1.96 bits per heavy atom. The zero-order chi connectivity index (χ0) is 17.7. The number of carbonyl (C=O) groups is 1. The molecule has 2 aliphatic rings. The van der Waals surface area contributed by atoms with Crippen molar-refractivity contribution in [2.24, 2.45) is 5.92 Å². The molecule has 1 aliphatic carbocycles. The average Bonchev–Trinajstić information content (AvgIpc) is 2.67. The Hall–Kier alpha value is -1.42. The molecule has 0 spiro atoms. The van der Waals surface area contributed by atoms with Gasteiger partial charge in [-0.3, -0.25) is 4.79 Å². The van der Waals surface area contributed by atoms with Crippen molar-refractivity contribution >= 4 is 5.91 Å². The second kappa shape index (κ2) is 8.31. The standard InChI is InChI=1S/C21H31FN2O/c1-23-13-8-17-9-14-24(15-10-17)20(25)21(11-3-2-4-12-21)18-6-5-7-19(22)16-18/h5-7,16-17,23H,2-4,8-15H2,1H3. The van der Waals surface area contributed by atoms with E-state index in [0.29, 0.717) is 5.92 Å². The maximum Gasteiger partial charge on any atom is 0.233 e. The molecule has 138 valence electrons. The molecule has 1 aromatic rings. The third kappa shape index (κ3) is 4.05. The van der Waals surface area contributed by atoms with Crippen LogP contribution in [-0.4, -0.2) is 37.5 Å². The highest BCUT2D eigenvalue weighted by Crippen LogP contribution is 2.42. The van der Waals surface area contributed by atoms with E-state index in [9.17, 15) is 9.18 Å². The first-order chi connectivity index (χ1) is 12.2. The highest BCUT2D eigenvalue weighted by Gasteiger charge is 2.44. The summed E-state index contributed by atoms with van der Waals surface area (Å²) in [6.45, 7) is 2.75. The highest BCUT2D eigenvalue weighted by atomic mass is 19.1. The molecule has 0 radical (unpaired) electrons. The predicted molar refractivity (Wildman–Crippen MR) is 99.0 cm³/mol. The van der Waals surface area contributed by atoms with Gasteiger partial charge in [-0.2, -0.15) is 0 Å². The van der Waals surface area contributed by atoms with Crippen LogP contribution in [0, 0.1) is 11.7 Å². The quantitative estimate of drug-likeness (QED) is 0.878. The molecule has 1 saturated heterocycles. The van der Waals surface area contributed by atoms with Crippen molar-refractivity contribution in [2.75, 3.05) is 26.7 Å². The van der Waals surface area contributed by atoms with Crippen LogP contribution in [0.2, 0.25) is 0 Å². The molecule has 25 heavy (non-hydrogen) atoms.